The number of carbonyl (C=O) groups is 2. The minimum atomic E-state index is -0.404. The van der Waals surface area contributed by atoms with E-state index in [2.05, 4.69) is 43.1 Å². The van der Waals surface area contributed by atoms with Gasteiger partial charge in [-0.2, -0.15) is 0 Å². The van der Waals surface area contributed by atoms with Crippen LogP contribution in [0.2, 0.25) is 0 Å². The molecule has 0 aliphatic carbocycles. The van der Waals surface area contributed by atoms with Crippen molar-refractivity contribution in [2.45, 2.75) is 50.7 Å². The van der Waals surface area contributed by atoms with Gasteiger partial charge in [0.15, 0.2) is 5.65 Å². The molecule has 50 heavy (non-hydrogen) atoms. The van der Waals surface area contributed by atoms with E-state index in [1.807, 2.05) is 53.2 Å². The number of carbonyl (C=O) groups excluding carboxylic acids is 2. The van der Waals surface area contributed by atoms with Crippen molar-refractivity contribution in [3.63, 3.8) is 0 Å². The van der Waals surface area contributed by atoms with Crippen LogP contribution in [0.1, 0.15) is 49.4 Å². The molecule has 7 heterocycles. The molecule has 0 saturated carbocycles. The number of aromatic nitrogens is 5. The van der Waals surface area contributed by atoms with E-state index in [1.54, 1.807) is 23.2 Å². The smallest absolute Gasteiger partial charge is 0.328 e. The van der Waals surface area contributed by atoms with E-state index in [4.69, 9.17) is 10.1 Å². The molecule has 0 unspecified atom stereocenters. The summed E-state index contributed by atoms with van der Waals surface area (Å²) in [7, 11) is 2.13. The van der Waals surface area contributed by atoms with Gasteiger partial charge in [-0.3, -0.25) is 24.9 Å². The van der Waals surface area contributed by atoms with Crippen LogP contribution < -0.4 is 20.0 Å². The van der Waals surface area contributed by atoms with Crippen LogP contribution in [0.15, 0.2) is 79.1 Å². The molecule has 5 aromatic rings. The maximum Gasteiger partial charge on any atom is 0.328 e. The molecule has 3 aliphatic rings. The van der Waals surface area contributed by atoms with Gasteiger partial charge in [0, 0.05) is 45.2 Å². The molecule has 0 spiro atoms. The molecule has 3 saturated heterocycles. The molecule has 1 aromatic carbocycles. The number of hydrogen-bond acceptors (Lipinski definition) is 9. The number of imidazole rings is 1. The normalized spacial score (nSPS) is 18.8. The van der Waals surface area contributed by atoms with E-state index in [-0.39, 0.29) is 24.2 Å². The Labute approximate surface area is 289 Å². The highest BCUT2D eigenvalue weighted by molar-refractivity contribution is 6.05. The first-order chi connectivity index (χ1) is 24.4. The van der Waals surface area contributed by atoms with Gasteiger partial charge < -0.3 is 9.80 Å². The first-order valence-corrected chi connectivity index (χ1v) is 17.3. The average Bonchev–Trinajstić information content (AvgIpc) is 3.80. The van der Waals surface area contributed by atoms with Gasteiger partial charge >= 0.3 is 6.03 Å². The lowest BCUT2D eigenvalue weighted by Gasteiger charge is -2.37. The van der Waals surface area contributed by atoms with Crippen molar-refractivity contribution in [1.82, 2.24) is 34.8 Å². The van der Waals surface area contributed by atoms with Crippen LogP contribution in [0.25, 0.3) is 17.0 Å². The number of anilines is 3. The van der Waals surface area contributed by atoms with Gasteiger partial charge in [-0.15, -0.1) is 5.10 Å². The van der Waals surface area contributed by atoms with Crippen LogP contribution in [0.5, 0.6) is 0 Å². The lowest BCUT2D eigenvalue weighted by molar-refractivity contribution is -0.120. The standard InChI is InChI=1S/C37H39FN10O2/c1-44(24-27-10-11-29(22-39-27)46-20-16-36(49)42-37(46)50)28-14-18-45(19-15-28)34-9-3-7-30(41-34)32-23-40-33-12-13-35(43-48(32)33)47-17-4-8-31(47)25-5-2-6-26(38)21-25/h2-3,5-7,9-13,21-23,28,31H,4,8,14-20,24H2,1H3,(H,42,49,50)/t31-/m1/s1. The Morgan fingerprint density at radius 2 is 1.76 bits per heavy atom. The molecule has 0 bridgehead atoms. The van der Waals surface area contributed by atoms with Crippen LogP contribution in [0.3, 0.4) is 0 Å². The van der Waals surface area contributed by atoms with E-state index >= 15 is 0 Å². The third kappa shape index (κ3) is 6.36. The lowest BCUT2D eigenvalue weighted by Crippen LogP contribution is -2.49. The molecule has 4 aromatic heterocycles. The molecule has 3 fully saturated rings. The fraction of sp³-hybridized carbons (Fsp3) is 0.351. The van der Waals surface area contributed by atoms with Crippen LogP contribution >= 0.6 is 0 Å². The van der Waals surface area contributed by atoms with Gasteiger partial charge in [-0.1, -0.05) is 18.2 Å². The number of halogens is 1. The van der Waals surface area contributed by atoms with Crippen molar-refractivity contribution in [3.8, 4) is 11.4 Å². The van der Waals surface area contributed by atoms with E-state index in [0.717, 1.165) is 85.2 Å². The molecule has 1 atom stereocenters. The Morgan fingerprint density at radius 3 is 2.56 bits per heavy atom. The molecular formula is C37H39FN10O2. The number of nitrogens with zero attached hydrogens (tertiary/aromatic N) is 9. The molecule has 12 nitrogen and oxygen atoms in total. The number of hydrogen-bond donors (Lipinski definition) is 1. The van der Waals surface area contributed by atoms with E-state index in [0.29, 0.717) is 24.8 Å². The fourth-order valence-electron chi connectivity index (χ4n) is 7.44. The molecule has 8 rings (SSSR count). The first-order valence-electron chi connectivity index (χ1n) is 17.3. The number of benzene rings is 1. The minimum absolute atomic E-state index is 0.0750. The average molecular weight is 675 g/mol. The lowest BCUT2D eigenvalue weighted by atomic mass is 10.0. The monoisotopic (exact) mass is 674 g/mol. The second kappa shape index (κ2) is 13.5. The molecule has 3 aliphatic heterocycles. The number of amides is 3. The molecule has 3 amide bonds. The van der Waals surface area contributed by atoms with Crippen molar-refractivity contribution < 1.29 is 14.0 Å². The van der Waals surface area contributed by atoms with Gasteiger partial charge in [0.05, 0.1) is 35.5 Å². The quantitative estimate of drug-likeness (QED) is 0.237. The summed E-state index contributed by atoms with van der Waals surface area (Å²) in [6.45, 7) is 3.68. The summed E-state index contributed by atoms with van der Waals surface area (Å²) in [5.74, 6) is 1.30. The van der Waals surface area contributed by atoms with Crippen LogP contribution in [0, 0.1) is 5.82 Å². The summed E-state index contributed by atoms with van der Waals surface area (Å²) in [6, 6.07) is 20.9. The maximum absolute atomic E-state index is 14.1. The number of nitrogens with one attached hydrogen (secondary N) is 1. The Bertz CT molecular complexity index is 2030. The number of rotatable bonds is 8. The zero-order chi connectivity index (χ0) is 34.2. The first kappa shape index (κ1) is 31.8. The Hall–Kier alpha value is -5.43. The van der Waals surface area contributed by atoms with Crippen molar-refractivity contribution in [3.05, 3.63) is 96.2 Å². The number of fused-ring (bicyclic) bond motifs is 1. The molecule has 13 heteroatoms. The highest BCUT2D eigenvalue weighted by atomic mass is 19.1. The predicted octanol–water partition coefficient (Wildman–Crippen LogP) is 5.21. The Balaban J connectivity index is 0.920. The number of imide groups is 1. The number of urea groups is 1. The van der Waals surface area contributed by atoms with Crippen molar-refractivity contribution >= 4 is 34.9 Å². The van der Waals surface area contributed by atoms with E-state index < -0.39 is 6.03 Å². The van der Waals surface area contributed by atoms with Gasteiger partial charge in [0.1, 0.15) is 23.1 Å². The van der Waals surface area contributed by atoms with Gasteiger partial charge in [0.2, 0.25) is 5.91 Å². The zero-order valence-corrected chi connectivity index (χ0v) is 28.0. The molecule has 0 radical (unpaired) electrons. The number of piperidine rings is 1. The topological polar surface area (TPSA) is 115 Å². The van der Waals surface area contributed by atoms with E-state index in [9.17, 15) is 14.0 Å². The van der Waals surface area contributed by atoms with Crippen molar-refractivity contribution in [2.75, 3.05) is 47.9 Å². The van der Waals surface area contributed by atoms with Gasteiger partial charge in [-0.05, 0) is 86.8 Å². The highest BCUT2D eigenvalue weighted by Crippen LogP contribution is 2.36. The maximum atomic E-state index is 14.1. The Morgan fingerprint density at radius 1 is 0.900 bits per heavy atom. The zero-order valence-electron chi connectivity index (χ0n) is 28.0. The summed E-state index contributed by atoms with van der Waals surface area (Å²) in [4.78, 5) is 46.5. The SMILES string of the molecule is CN(Cc1ccc(N2CCC(=O)NC2=O)cn1)C1CCN(c2cccc(-c3cnc4ccc(N5CCC[C@@H]5c5cccc(F)c5)nn34)n2)CC1. The van der Waals surface area contributed by atoms with Gasteiger partial charge in [0.25, 0.3) is 0 Å². The summed E-state index contributed by atoms with van der Waals surface area (Å²) in [5.41, 5.74) is 4.97. The number of pyridine rings is 2. The third-order valence-electron chi connectivity index (χ3n) is 10.1. The second-order valence-corrected chi connectivity index (χ2v) is 13.3. The van der Waals surface area contributed by atoms with Gasteiger partial charge in [-0.25, -0.2) is 23.7 Å². The van der Waals surface area contributed by atoms with Crippen LogP contribution in [-0.4, -0.2) is 80.7 Å². The highest BCUT2D eigenvalue weighted by Gasteiger charge is 2.29. The Kier molecular flexibility index (Phi) is 8.57. The summed E-state index contributed by atoms with van der Waals surface area (Å²) in [5, 5.41) is 7.38. The third-order valence-corrected chi connectivity index (χ3v) is 10.1. The predicted molar refractivity (Wildman–Crippen MR) is 188 cm³/mol. The fourth-order valence-corrected chi connectivity index (χ4v) is 7.44. The molecule has 1 N–H and O–H groups in total. The van der Waals surface area contributed by atoms with Crippen molar-refractivity contribution in [1.29, 1.82) is 0 Å². The largest absolute Gasteiger partial charge is 0.356 e. The van der Waals surface area contributed by atoms with Crippen LogP contribution in [0.4, 0.5) is 26.5 Å². The second-order valence-electron chi connectivity index (χ2n) is 13.3. The summed E-state index contributed by atoms with van der Waals surface area (Å²) < 4.78 is 15.9. The molecule has 256 valence electrons. The summed E-state index contributed by atoms with van der Waals surface area (Å²) >= 11 is 0. The van der Waals surface area contributed by atoms with Crippen LogP contribution in [-0.2, 0) is 11.3 Å². The van der Waals surface area contributed by atoms with Crippen molar-refractivity contribution in [2.24, 2.45) is 0 Å². The van der Waals surface area contributed by atoms with E-state index in [1.165, 1.54) is 6.07 Å². The minimum Gasteiger partial charge on any atom is -0.356 e. The summed E-state index contributed by atoms with van der Waals surface area (Å²) in [6.07, 6.45) is 7.77. The molecular weight excluding hydrogens is 635 g/mol.